The van der Waals surface area contributed by atoms with Crippen LogP contribution in [0, 0.1) is 17.0 Å². The zero-order chi connectivity index (χ0) is 15.7. The number of phenols is 1. The van der Waals surface area contributed by atoms with Crippen molar-refractivity contribution in [2.75, 3.05) is 0 Å². The zero-order valence-electron chi connectivity index (χ0n) is 11.5. The number of nitrogens with zero attached hydrogens (tertiary/aromatic N) is 4. The molecule has 0 bridgehead atoms. The number of aromatic nitrogens is 4. The van der Waals surface area contributed by atoms with Crippen LogP contribution in [0.15, 0.2) is 36.4 Å². The molecule has 2 heterocycles. The highest BCUT2D eigenvalue weighted by Gasteiger charge is 2.16. The lowest BCUT2D eigenvalue weighted by Gasteiger charge is -1.99. The van der Waals surface area contributed by atoms with E-state index in [0.717, 1.165) is 5.69 Å². The van der Waals surface area contributed by atoms with Crippen LogP contribution in [0.25, 0.3) is 22.9 Å². The van der Waals surface area contributed by atoms with E-state index in [9.17, 15) is 15.2 Å². The van der Waals surface area contributed by atoms with Crippen molar-refractivity contribution in [2.45, 2.75) is 6.92 Å². The fourth-order valence-electron chi connectivity index (χ4n) is 1.99. The number of nitro benzene ring substituents is 1. The molecule has 3 rings (SSSR count). The molecule has 8 heteroatoms. The van der Waals surface area contributed by atoms with Crippen molar-refractivity contribution in [3.63, 3.8) is 0 Å². The van der Waals surface area contributed by atoms with Gasteiger partial charge in [0.25, 0.3) is 5.69 Å². The van der Waals surface area contributed by atoms with Crippen molar-refractivity contribution in [3.8, 4) is 28.7 Å². The number of hydrogen-bond donors (Lipinski definition) is 2. The van der Waals surface area contributed by atoms with Crippen LogP contribution in [-0.4, -0.2) is 30.2 Å². The standard InChI is InChI=1S/C14H11N5O3/c1-8-3-2-4-11(15-8)14-16-13(17-18-14)10-7-9(19(21)22)5-6-12(10)20/h2-7,20H,1H3,(H,16,17,18). The molecule has 0 atom stereocenters. The molecule has 0 aliphatic rings. The zero-order valence-corrected chi connectivity index (χ0v) is 11.5. The summed E-state index contributed by atoms with van der Waals surface area (Å²) in [6.07, 6.45) is 0. The van der Waals surface area contributed by atoms with Crippen LogP contribution in [0.4, 0.5) is 5.69 Å². The molecule has 0 saturated heterocycles. The van der Waals surface area contributed by atoms with Gasteiger partial charge in [-0.1, -0.05) is 6.07 Å². The van der Waals surface area contributed by atoms with Gasteiger partial charge in [0, 0.05) is 17.8 Å². The van der Waals surface area contributed by atoms with Gasteiger partial charge in [-0.3, -0.25) is 15.2 Å². The third kappa shape index (κ3) is 2.49. The second-order valence-electron chi connectivity index (χ2n) is 4.63. The van der Waals surface area contributed by atoms with E-state index in [4.69, 9.17) is 0 Å². The summed E-state index contributed by atoms with van der Waals surface area (Å²) in [4.78, 5) is 18.8. The number of hydrogen-bond acceptors (Lipinski definition) is 6. The van der Waals surface area contributed by atoms with Gasteiger partial charge in [0.1, 0.15) is 11.4 Å². The number of aromatic hydroxyl groups is 1. The fraction of sp³-hybridized carbons (Fsp3) is 0.0714. The van der Waals surface area contributed by atoms with Crippen LogP contribution >= 0.6 is 0 Å². The first-order chi connectivity index (χ1) is 10.5. The van der Waals surface area contributed by atoms with Crippen LogP contribution in [0.2, 0.25) is 0 Å². The van der Waals surface area contributed by atoms with Crippen molar-refractivity contribution >= 4 is 5.69 Å². The maximum atomic E-state index is 10.8. The van der Waals surface area contributed by atoms with Crippen molar-refractivity contribution in [1.82, 2.24) is 20.2 Å². The highest BCUT2D eigenvalue weighted by Crippen LogP contribution is 2.31. The highest BCUT2D eigenvalue weighted by molar-refractivity contribution is 5.68. The van der Waals surface area contributed by atoms with Gasteiger partial charge in [0.15, 0.2) is 11.6 Å². The maximum Gasteiger partial charge on any atom is 0.270 e. The second kappa shape index (κ2) is 5.24. The number of phenolic OH excluding ortho intramolecular Hbond substituents is 1. The number of nitrogens with one attached hydrogen (secondary N) is 1. The molecule has 0 amide bonds. The predicted molar refractivity (Wildman–Crippen MR) is 78.1 cm³/mol. The summed E-state index contributed by atoms with van der Waals surface area (Å²) in [7, 11) is 0. The SMILES string of the molecule is Cc1cccc(-c2nc(-c3cc([N+](=O)[O-])ccc3O)n[nH]2)n1. The molecule has 110 valence electrons. The lowest BCUT2D eigenvalue weighted by molar-refractivity contribution is -0.384. The van der Waals surface area contributed by atoms with Gasteiger partial charge in [-0.15, -0.1) is 0 Å². The fourth-order valence-corrected chi connectivity index (χ4v) is 1.99. The van der Waals surface area contributed by atoms with E-state index in [1.165, 1.54) is 18.2 Å². The Morgan fingerprint density at radius 3 is 2.77 bits per heavy atom. The molecule has 2 N–H and O–H groups in total. The molecular formula is C14H11N5O3. The molecule has 0 spiro atoms. The summed E-state index contributed by atoms with van der Waals surface area (Å²) >= 11 is 0. The third-order valence-corrected chi connectivity index (χ3v) is 3.05. The molecule has 0 saturated carbocycles. The van der Waals surface area contributed by atoms with E-state index < -0.39 is 4.92 Å². The largest absolute Gasteiger partial charge is 0.507 e. The van der Waals surface area contributed by atoms with Crippen LogP contribution in [0.1, 0.15) is 5.69 Å². The van der Waals surface area contributed by atoms with Gasteiger partial charge in [0.2, 0.25) is 0 Å². The Hall–Kier alpha value is -3.29. The van der Waals surface area contributed by atoms with Gasteiger partial charge < -0.3 is 5.11 Å². The number of nitro groups is 1. The Morgan fingerprint density at radius 2 is 2.05 bits per heavy atom. The number of aryl methyl sites for hydroxylation is 1. The summed E-state index contributed by atoms with van der Waals surface area (Å²) < 4.78 is 0. The van der Waals surface area contributed by atoms with Crippen LogP contribution in [-0.2, 0) is 0 Å². The molecule has 0 aliphatic heterocycles. The van der Waals surface area contributed by atoms with E-state index in [-0.39, 0.29) is 22.8 Å². The molecule has 1 aromatic carbocycles. The monoisotopic (exact) mass is 297 g/mol. The minimum absolute atomic E-state index is 0.131. The number of rotatable bonds is 3. The highest BCUT2D eigenvalue weighted by atomic mass is 16.6. The second-order valence-corrected chi connectivity index (χ2v) is 4.63. The molecule has 0 radical (unpaired) electrons. The van der Waals surface area contributed by atoms with Crippen LogP contribution < -0.4 is 0 Å². The van der Waals surface area contributed by atoms with Gasteiger partial charge in [-0.05, 0) is 25.1 Å². The van der Waals surface area contributed by atoms with E-state index >= 15 is 0 Å². The maximum absolute atomic E-state index is 10.8. The Bertz CT molecular complexity index is 859. The number of non-ortho nitro benzene ring substituents is 1. The van der Waals surface area contributed by atoms with E-state index in [2.05, 4.69) is 20.2 Å². The van der Waals surface area contributed by atoms with E-state index in [0.29, 0.717) is 11.5 Å². The molecule has 0 fully saturated rings. The summed E-state index contributed by atoms with van der Waals surface area (Å²) in [5.74, 6) is 0.456. The van der Waals surface area contributed by atoms with Gasteiger partial charge >= 0.3 is 0 Å². The lowest BCUT2D eigenvalue weighted by Crippen LogP contribution is -1.90. The molecule has 8 nitrogen and oxygen atoms in total. The Labute approximate surface area is 124 Å². The minimum Gasteiger partial charge on any atom is -0.507 e. The molecule has 22 heavy (non-hydrogen) atoms. The molecule has 2 aromatic heterocycles. The first kappa shape index (κ1) is 13.7. The summed E-state index contributed by atoms with van der Waals surface area (Å²) in [5.41, 5.74) is 1.47. The number of benzene rings is 1. The van der Waals surface area contributed by atoms with Crippen molar-refractivity contribution in [1.29, 1.82) is 0 Å². The topological polar surface area (TPSA) is 118 Å². The Kier molecular flexibility index (Phi) is 3.26. The average Bonchev–Trinajstić information content (AvgIpc) is 2.97. The van der Waals surface area contributed by atoms with Crippen LogP contribution in [0.3, 0.4) is 0 Å². The van der Waals surface area contributed by atoms with Crippen molar-refractivity contribution in [3.05, 3.63) is 52.2 Å². The van der Waals surface area contributed by atoms with Gasteiger partial charge in [0.05, 0.1) is 10.5 Å². The minimum atomic E-state index is -0.543. The summed E-state index contributed by atoms with van der Waals surface area (Å²) in [6.45, 7) is 1.85. The Balaban J connectivity index is 2.04. The number of H-pyrrole nitrogens is 1. The normalized spacial score (nSPS) is 10.6. The average molecular weight is 297 g/mol. The van der Waals surface area contributed by atoms with Gasteiger partial charge in [-0.2, -0.15) is 5.10 Å². The number of aromatic amines is 1. The number of pyridine rings is 1. The summed E-state index contributed by atoms with van der Waals surface area (Å²) in [5, 5.41) is 27.4. The molecule has 0 unspecified atom stereocenters. The van der Waals surface area contributed by atoms with Crippen molar-refractivity contribution in [2.24, 2.45) is 0 Å². The van der Waals surface area contributed by atoms with Crippen LogP contribution in [0.5, 0.6) is 5.75 Å². The van der Waals surface area contributed by atoms with Gasteiger partial charge in [-0.25, -0.2) is 9.97 Å². The smallest absolute Gasteiger partial charge is 0.270 e. The summed E-state index contributed by atoms with van der Waals surface area (Å²) in [6, 6.07) is 9.15. The van der Waals surface area contributed by atoms with E-state index in [1.54, 1.807) is 6.07 Å². The lowest BCUT2D eigenvalue weighted by atomic mass is 10.1. The quantitative estimate of drug-likeness (QED) is 0.566. The first-order valence-corrected chi connectivity index (χ1v) is 6.39. The molecule has 3 aromatic rings. The van der Waals surface area contributed by atoms with E-state index in [1.807, 2.05) is 19.1 Å². The Morgan fingerprint density at radius 1 is 1.23 bits per heavy atom. The molecule has 0 aliphatic carbocycles. The first-order valence-electron chi connectivity index (χ1n) is 6.39. The van der Waals surface area contributed by atoms with Crippen molar-refractivity contribution < 1.29 is 10.0 Å². The third-order valence-electron chi connectivity index (χ3n) is 3.05. The molecular weight excluding hydrogens is 286 g/mol. The predicted octanol–water partition coefficient (Wildman–Crippen LogP) is 2.46.